The maximum atomic E-state index is 12.1. The number of carbonyl (C=O) groups is 4. The first kappa shape index (κ1) is 101. The summed E-state index contributed by atoms with van der Waals surface area (Å²) in [4.78, 5) is 47.9. The first-order valence-electron chi connectivity index (χ1n) is 44.4. The molecule has 0 bridgehead atoms. The molecule has 686 valence electrons. The normalized spacial score (nSPS) is 24.7. The monoisotopic (exact) mass is 1780 g/mol. The van der Waals surface area contributed by atoms with Gasteiger partial charge < -0.3 is 97.3 Å². The Labute approximate surface area is 779 Å². The SMILES string of the molecule is C1CCOC1.CC[C@H]1O[C@@H](c2ccc(C)c(Cc3ccc(O)cc3)c2)[C@H](OC(C)=O)[C@@H](OC(C)=O)[C@@H]1C.CC[C@H]1O[C@@H](c2ccc(C)c(Cc3ccc(OCC4Cc5ccccc5O4)cc3)c2)[C@H](OC(C)=O)[C@@H](OC(C)=O)[C@@H]1C.C[O-].Cc1ccc([C@@H]2O[C@H](CO)[C@@H](O)[C@H](O)[C@H]2O)cc1Cc1ccc(OCC2Cc3ccccc3O2)cc1.OCC1Cc2ccccc2O1.[Na+]. The molecular weight excluding hydrogens is 1660 g/mol. The molecule has 129 heavy (non-hydrogen) atoms. The van der Waals surface area contributed by atoms with E-state index in [2.05, 4.69) is 49.4 Å². The minimum atomic E-state index is -1.40. The van der Waals surface area contributed by atoms with Crippen molar-refractivity contribution in [2.24, 2.45) is 11.8 Å². The van der Waals surface area contributed by atoms with E-state index in [1.807, 2.05) is 187 Å². The molecule has 0 saturated carbocycles. The molecule has 0 amide bonds. The number of ether oxygens (including phenoxy) is 13. The molecule has 25 heteroatoms. The molecule has 16 rings (SSSR count). The van der Waals surface area contributed by atoms with E-state index in [9.17, 15) is 44.7 Å². The zero-order valence-electron chi connectivity index (χ0n) is 76.3. The minimum Gasteiger partial charge on any atom is -0.857 e. The summed E-state index contributed by atoms with van der Waals surface area (Å²) in [5.74, 6) is 2.68. The van der Waals surface area contributed by atoms with E-state index < -0.39 is 97.6 Å². The fourth-order valence-electron chi connectivity index (χ4n) is 17.2. The third-order valence-electron chi connectivity index (χ3n) is 24.1. The zero-order valence-corrected chi connectivity index (χ0v) is 78.3. The van der Waals surface area contributed by atoms with Gasteiger partial charge in [0.1, 0.15) is 121 Å². The number of carbonyl (C=O) groups excluding carboxylic acids is 4. The molecule has 0 radical (unpaired) electrons. The number of rotatable bonds is 23. The number of aliphatic hydroxyl groups excluding tert-OH is 5. The summed E-state index contributed by atoms with van der Waals surface area (Å²) in [5.41, 5.74) is 16.0. The molecule has 4 saturated heterocycles. The summed E-state index contributed by atoms with van der Waals surface area (Å²) in [6.07, 6.45) is -1.27. The molecule has 0 aliphatic carbocycles. The van der Waals surface area contributed by atoms with Crippen LogP contribution >= 0.6 is 0 Å². The first-order valence-corrected chi connectivity index (χ1v) is 44.4. The molecule has 18 atom stereocenters. The van der Waals surface area contributed by atoms with Crippen molar-refractivity contribution in [2.75, 3.05) is 46.8 Å². The summed E-state index contributed by atoms with van der Waals surface area (Å²) in [6, 6.07) is 65.3. The molecule has 9 aromatic carbocycles. The van der Waals surface area contributed by atoms with Crippen molar-refractivity contribution in [3.05, 3.63) is 284 Å². The molecule has 24 nitrogen and oxygen atoms in total. The van der Waals surface area contributed by atoms with E-state index in [1.165, 1.54) is 57.2 Å². The van der Waals surface area contributed by atoms with Gasteiger partial charge in [0, 0.05) is 72.0 Å². The number of para-hydroxylation sites is 3. The van der Waals surface area contributed by atoms with Gasteiger partial charge in [-0.15, -0.1) is 0 Å². The van der Waals surface area contributed by atoms with Crippen LogP contribution in [0, 0.1) is 32.6 Å². The third-order valence-corrected chi connectivity index (χ3v) is 24.1. The number of benzene rings is 9. The summed E-state index contributed by atoms with van der Waals surface area (Å²) in [5, 5.41) is 66.8. The Balaban J connectivity index is 0.000000183. The maximum Gasteiger partial charge on any atom is 1.00 e. The Morgan fingerprint density at radius 3 is 1.07 bits per heavy atom. The van der Waals surface area contributed by atoms with Crippen molar-refractivity contribution in [1.29, 1.82) is 0 Å². The Morgan fingerprint density at radius 2 is 0.736 bits per heavy atom. The van der Waals surface area contributed by atoms with Crippen molar-refractivity contribution >= 4 is 23.9 Å². The molecular formula is C104H125NaO24. The van der Waals surface area contributed by atoms with Gasteiger partial charge in [0.15, 0.2) is 12.2 Å². The second-order valence-corrected chi connectivity index (χ2v) is 33.6. The number of fused-ring (bicyclic) bond motifs is 3. The van der Waals surface area contributed by atoms with Crippen LogP contribution in [0.5, 0.6) is 34.5 Å². The van der Waals surface area contributed by atoms with Crippen LogP contribution in [0.15, 0.2) is 200 Å². The predicted molar refractivity (Wildman–Crippen MR) is 480 cm³/mol. The Morgan fingerprint density at radius 1 is 0.403 bits per heavy atom. The maximum absolute atomic E-state index is 12.1. The Hall–Kier alpha value is -9.74. The van der Waals surface area contributed by atoms with E-state index in [0.29, 0.717) is 38.0 Å². The molecule has 7 aliphatic rings. The van der Waals surface area contributed by atoms with Crippen molar-refractivity contribution in [3.63, 3.8) is 0 Å². The number of hydrogen-bond acceptors (Lipinski definition) is 24. The van der Waals surface area contributed by atoms with Gasteiger partial charge >= 0.3 is 53.4 Å². The standard InChI is InChI=1S/C35H40O7.C29H32O7.C26H32O6.C9H10O2.C4H8O.CH3O.Na/c1-6-31-22(3)33(39-23(4)36)35(40-24(5)37)34(42-31)27-14-11-21(2)28(18-27)17-25-12-15-29(16-13-25)38-20-30-19-26-9-7-8-10-32(26)41-30;1-17-6-9-20(29-28(33)27(32)26(31)25(15-30)36-29)13-21(17)12-18-7-10-22(11-8-18)34-16-23-14-19-4-2-3-5-24(19)35-23;1-6-23-16(3)24(30-17(4)27)26(31-18(5)28)25(32-23)20-10-7-15(2)21(14-20)13-19-8-11-22(29)12-9-19;10-6-8-5-7-3-1-2-4-9(7)11-8;1-2-4-5-3-1;1-2;/h7-16,18,22,30-31,33-35H,6,17,19-20H2,1-5H3;2-11,13,23,25-33H,12,14-16H2,1H3;7-12,14,16,23-26,29H,6,13H2,1-5H3;1-4,8,10H,5-6H2;1-4H2;1H3;/q;;;;;-1;+1/t22-,30?,31-,33+,34+,35-;23?,25-,26-,27+,28-,29+;16-,23-,24+,25+,26-;;;;/m111..../s1. The van der Waals surface area contributed by atoms with E-state index >= 15 is 0 Å². The fourth-order valence-corrected chi connectivity index (χ4v) is 17.2. The van der Waals surface area contributed by atoms with Gasteiger partial charge in [0.25, 0.3) is 0 Å². The summed E-state index contributed by atoms with van der Waals surface area (Å²) in [7, 11) is 0.750. The molecule has 7 aliphatic heterocycles. The predicted octanol–water partition coefficient (Wildman–Crippen LogP) is 11.2. The van der Waals surface area contributed by atoms with Crippen LogP contribution in [0.25, 0.3) is 0 Å². The molecule has 6 N–H and O–H groups in total. The topological polar surface area (TPSA) is 333 Å². The van der Waals surface area contributed by atoms with Gasteiger partial charge in [0.2, 0.25) is 0 Å². The second kappa shape index (κ2) is 49.5. The zero-order chi connectivity index (χ0) is 91.7. The van der Waals surface area contributed by atoms with Crippen LogP contribution in [0.2, 0.25) is 0 Å². The first-order chi connectivity index (χ1) is 61.7. The van der Waals surface area contributed by atoms with E-state index in [1.54, 1.807) is 12.1 Å². The van der Waals surface area contributed by atoms with Gasteiger partial charge in [-0.25, -0.2) is 0 Å². The molecule has 0 aromatic heterocycles. The van der Waals surface area contributed by atoms with Gasteiger partial charge in [-0.05, 0) is 204 Å². The third kappa shape index (κ3) is 27.9. The van der Waals surface area contributed by atoms with Gasteiger partial charge in [-0.1, -0.05) is 173 Å². The Bertz CT molecular complexity index is 4960. The second-order valence-electron chi connectivity index (χ2n) is 33.6. The largest absolute Gasteiger partial charge is 1.00 e. The molecule has 7 heterocycles. The van der Waals surface area contributed by atoms with E-state index in [-0.39, 0.29) is 84.3 Å². The van der Waals surface area contributed by atoms with Gasteiger partial charge in [-0.2, -0.15) is 7.11 Å². The van der Waals surface area contributed by atoms with Crippen molar-refractivity contribution in [3.8, 4) is 34.5 Å². The van der Waals surface area contributed by atoms with Crippen LogP contribution < -0.4 is 58.3 Å². The number of esters is 4. The van der Waals surface area contributed by atoms with Crippen LogP contribution in [0.3, 0.4) is 0 Å². The smallest absolute Gasteiger partial charge is 0.857 e. The van der Waals surface area contributed by atoms with Crippen LogP contribution in [-0.2, 0) is 95.6 Å². The number of aliphatic hydroxyl groups is 5. The number of phenols is 1. The average molecular weight is 1780 g/mol. The van der Waals surface area contributed by atoms with Crippen LogP contribution in [-0.4, -0.2) is 181 Å². The number of phenolic OH excluding ortho intramolecular Hbond substituents is 1. The van der Waals surface area contributed by atoms with E-state index in [0.717, 1.165) is 142 Å². The average Bonchev–Trinajstić information content (AvgIpc) is 1.01. The van der Waals surface area contributed by atoms with Crippen molar-refractivity contribution in [2.45, 2.75) is 238 Å². The quantitative estimate of drug-likeness (QED) is 0.0197. The van der Waals surface area contributed by atoms with Crippen LogP contribution in [0.4, 0.5) is 0 Å². The van der Waals surface area contributed by atoms with Crippen LogP contribution in [0.1, 0.15) is 183 Å². The van der Waals surface area contributed by atoms with Gasteiger partial charge in [-0.3, -0.25) is 19.2 Å². The minimum absolute atomic E-state index is 0. The molecule has 0 spiro atoms. The van der Waals surface area contributed by atoms with E-state index in [4.69, 9.17) is 71.8 Å². The molecule has 9 aromatic rings. The van der Waals surface area contributed by atoms with Gasteiger partial charge in [0.05, 0.1) is 25.4 Å². The summed E-state index contributed by atoms with van der Waals surface area (Å²) < 4.78 is 75.7. The summed E-state index contributed by atoms with van der Waals surface area (Å²) in [6.45, 7) is 22.2. The number of hydrogen-bond donors (Lipinski definition) is 6. The number of aryl methyl sites for hydroxylation is 3. The van der Waals surface area contributed by atoms with Crippen molar-refractivity contribution < 1.29 is 146 Å². The molecule has 4 fully saturated rings. The van der Waals surface area contributed by atoms with Crippen molar-refractivity contribution in [1.82, 2.24) is 0 Å². The summed E-state index contributed by atoms with van der Waals surface area (Å²) >= 11 is 0. The Kier molecular flexibility index (Phi) is 38.9. The fraction of sp³-hybridized carbons (Fsp3) is 0.442. The molecule has 3 unspecified atom stereocenters. The number of aromatic hydroxyl groups is 1.